The van der Waals surface area contributed by atoms with Crippen LogP contribution in [0.1, 0.15) is 121 Å². The second-order valence-corrected chi connectivity index (χ2v) is 27.1. The quantitative estimate of drug-likeness (QED) is 0.0409. The number of benzene rings is 8. The molecule has 3 aliphatic heterocycles. The molecule has 28 heteroatoms. The van der Waals surface area contributed by atoms with Gasteiger partial charge in [0, 0.05) is 97.8 Å². The third-order valence-corrected chi connectivity index (χ3v) is 17.8. The number of primary amides is 3. The second-order valence-electron chi connectivity index (χ2n) is 26.7. The molecule has 3 fully saturated rings. The fourth-order valence-corrected chi connectivity index (χ4v) is 11.6. The fraction of sp³-hybridized carbons (Fsp3) is 0.321. The summed E-state index contributed by atoms with van der Waals surface area (Å²) in [6.45, 7) is 14.5. The van der Waals surface area contributed by atoms with Crippen LogP contribution in [0.25, 0.3) is 0 Å². The van der Waals surface area contributed by atoms with Crippen LogP contribution in [0.15, 0.2) is 188 Å². The number of para-hydroxylation sites is 5. The van der Waals surface area contributed by atoms with Crippen LogP contribution in [-0.4, -0.2) is 193 Å². The van der Waals surface area contributed by atoms with E-state index in [9.17, 15) is 56.3 Å². The molecule has 8 aromatic carbocycles. The van der Waals surface area contributed by atoms with Gasteiger partial charge in [-0.1, -0.05) is 98.4 Å². The monoisotopic (exact) mass is 1560 g/mol. The van der Waals surface area contributed by atoms with Gasteiger partial charge in [-0.2, -0.15) is 0 Å². The Hall–Kier alpha value is -12.0. The molecule has 112 heavy (non-hydrogen) atoms. The first-order chi connectivity index (χ1) is 53.1. The van der Waals surface area contributed by atoms with E-state index in [0.29, 0.717) is 136 Å². The lowest BCUT2D eigenvalue weighted by Gasteiger charge is -2.36. The van der Waals surface area contributed by atoms with Crippen molar-refractivity contribution in [2.24, 2.45) is 17.2 Å². The first-order valence-electron chi connectivity index (χ1n) is 36.0. The number of nitrogens with two attached hydrogens (primary N) is 3. The van der Waals surface area contributed by atoms with Gasteiger partial charge in [-0.25, -0.2) is 18.0 Å². The second kappa shape index (κ2) is 42.8. The third kappa shape index (κ3) is 26.4. The third-order valence-electron chi connectivity index (χ3n) is 17.5. The highest BCUT2D eigenvalue weighted by molar-refractivity contribution is 6.64. The number of halogens is 4. The van der Waals surface area contributed by atoms with Crippen molar-refractivity contribution in [1.29, 1.82) is 0 Å². The number of carbonyl (C=O) groups is 9. The van der Waals surface area contributed by atoms with Gasteiger partial charge in [-0.15, -0.1) is 0 Å². The lowest BCUT2D eigenvalue weighted by atomic mass is 10.1. The molecule has 3 heterocycles. The predicted octanol–water partition coefficient (Wildman–Crippen LogP) is 11.0. The molecule has 3 aliphatic rings. The summed E-state index contributed by atoms with van der Waals surface area (Å²) in [5.41, 5.74) is 18.3. The number of piperazine rings is 3. The maximum absolute atomic E-state index is 14.9. The lowest BCUT2D eigenvalue weighted by Crippen LogP contribution is -2.53. The molecule has 0 saturated carbocycles. The molecule has 8 aromatic rings. The van der Waals surface area contributed by atoms with Crippen LogP contribution >= 0.6 is 11.6 Å². The molecular weight excluding hydrogens is 1470 g/mol. The molecule has 0 bridgehead atoms. The molecule has 594 valence electrons. The first-order valence-corrected chi connectivity index (χ1v) is 36.4. The van der Waals surface area contributed by atoms with Crippen LogP contribution < -0.4 is 46.2 Å². The Morgan fingerprint density at radius 3 is 1.04 bits per heavy atom. The first kappa shape index (κ1) is 87.3. The minimum Gasteiger partial charge on any atom is -0.492 e. The van der Waals surface area contributed by atoms with Gasteiger partial charge in [-0.05, 0) is 160 Å². The van der Waals surface area contributed by atoms with Crippen LogP contribution in [0.3, 0.4) is 0 Å². The minimum absolute atomic E-state index is 0. The molecule has 11 rings (SSSR count). The van der Waals surface area contributed by atoms with Crippen LogP contribution in [0, 0.1) is 17.5 Å². The number of ether oxygens (including phenoxy) is 6. The van der Waals surface area contributed by atoms with Crippen molar-refractivity contribution in [3.05, 3.63) is 256 Å². The van der Waals surface area contributed by atoms with Gasteiger partial charge < -0.3 is 75.4 Å². The van der Waals surface area contributed by atoms with Crippen molar-refractivity contribution in [3.63, 3.8) is 0 Å². The van der Waals surface area contributed by atoms with Gasteiger partial charge in [0.2, 0.25) is 0 Å². The normalized spacial score (nSPS) is 13.7. The summed E-state index contributed by atoms with van der Waals surface area (Å²) in [5.74, 6) is -2.38. The van der Waals surface area contributed by atoms with Crippen molar-refractivity contribution in [3.8, 4) is 28.7 Å². The van der Waals surface area contributed by atoms with Gasteiger partial charge >= 0.3 is 6.09 Å². The lowest BCUT2D eigenvalue weighted by molar-refractivity contribution is -0.139. The Morgan fingerprint density at radius 2 is 0.714 bits per heavy atom. The maximum Gasteiger partial charge on any atom is 0.410 e. The largest absolute Gasteiger partial charge is 0.492 e. The van der Waals surface area contributed by atoms with Crippen molar-refractivity contribution in [2.75, 3.05) is 98.4 Å². The van der Waals surface area contributed by atoms with E-state index in [1.807, 2.05) is 36.4 Å². The molecule has 0 radical (unpaired) electrons. The SMILES string of the molecule is C.CC(C)(C)OC(=O)N1CCN(C(=O)c2ccc(CCOc3ccccc3C(N)=O)cc2F)CC1.CC(Oc1ccccc1)C(=O)Cl.CC(Oc1ccccc1)C(=O)N1CCN(C(=O)c2ccc(CCOc3ccccc3C(N)=O)cc2F)CC1.NC(=O)c1ccccc1OCCc1ccc(C(=O)N2CCNCC2)c(F)c1. The Kier molecular flexibility index (Phi) is 33.4. The molecule has 24 nitrogen and oxygen atoms in total. The average molecular weight is 1560 g/mol. The summed E-state index contributed by atoms with van der Waals surface area (Å²) in [6.07, 6.45) is -0.468. The van der Waals surface area contributed by atoms with Crippen molar-refractivity contribution >= 4 is 64.3 Å². The predicted molar refractivity (Wildman–Crippen MR) is 417 cm³/mol. The Balaban J connectivity index is 0.000000218. The van der Waals surface area contributed by atoms with E-state index >= 15 is 0 Å². The summed E-state index contributed by atoms with van der Waals surface area (Å²) in [4.78, 5) is 116. The van der Waals surface area contributed by atoms with E-state index in [2.05, 4.69) is 5.32 Å². The molecule has 3 saturated heterocycles. The summed E-state index contributed by atoms with van der Waals surface area (Å²) in [5, 5.41) is 2.67. The minimum atomic E-state index is -0.655. The number of hydrogen-bond acceptors (Lipinski definition) is 16. The van der Waals surface area contributed by atoms with Gasteiger partial charge in [-0.3, -0.25) is 38.4 Å². The van der Waals surface area contributed by atoms with E-state index in [1.165, 1.54) is 41.3 Å². The van der Waals surface area contributed by atoms with Crippen LogP contribution in [0.5, 0.6) is 28.7 Å². The van der Waals surface area contributed by atoms with Crippen LogP contribution in [0.4, 0.5) is 18.0 Å². The van der Waals surface area contributed by atoms with Gasteiger partial charge in [0.15, 0.2) is 12.2 Å². The summed E-state index contributed by atoms with van der Waals surface area (Å²) in [6, 6.07) is 51.7. The topological polar surface area (TPSA) is 315 Å². The average Bonchev–Trinajstić information content (AvgIpc) is 0.828. The van der Waals surface area contributed by atoms with Gasteiger partial charge in [0.05, 0.1) is 53.2 Å². The fourth-order valence-electron chi connectivity index (χ4n) is 11.6. The smallest absolute Gasteiger partial charge is 0.410 e. The number of nitrogens with zero attached hydrogens (tertiary/aromatic N) is 5. The number of carbonyl (C=O) groups excluding carboxylic acids is 9. The molecular formula is C84H95ClF3N9O15. The number of amides is 8. The molecule has 0 spiro atoms. The number of nitrogens with one attached hydrogen (secondary N) is 1. The Morgan fingerprint density at radius 1 is 0.411 bits per heavy atom. The zero-order chi connectivity index (χ0) is 80.2. The van der Waals surface area contributed by atoms with Gasteiger partial charge in [0.25, 0.3) is 46.6 Å². The summed E-state index contributed by atoms with van der Waals surface area (Å²) in [7, 11) is 0. The van der Waals surface area contributed by atoms with E-state index in [4.69, 9.17) is 57.2 Å². The van der Waals surface area contributed by atoms with Crippen molar-refractivity contribution in [1.82, 2.24) is 29.8 Å². The van der Waals surface area contributed by atoms with E-state index in [-0.39, 0.29) is 66.9 Å². The van der Waals surface area contributed by atoms with Crippen LogP contribution in [0.2, 0.25) is 0 Å². The highest BCUT2D eigenvalue weighted by Gasteiger charge is 2.32. The van der Waals surface area contributed by atoms with Crippen LogP contribution in [-0.2, 0) is 33.6 Å². The highest BCUT2D eigenvalue weighted by atomic mass is 35.5. The zero-order valence-electron chi connectivity index (χ0n) is 62.4. The summed E-state index contributed by atoms with van der Waals surface area (Å²) >= 11 is 5.21. The molecule has 8 amide bonds. The van der Waals surface area contributed by atoms with E-state index in [0.717, 1.165) is 13.1 Å². The standard InChI is InChI=1S/C29H30FN3O5.C25H30FN3O5.C20H22FN3O3.C9H9ClO2.CH4/c1-20(38-22-7-3-2-4-8-22)28(35)32-14-16-33(17-15-32)29(36)23-12-11-21(19-25(23)30)13-18-37-26-10-6-5-9-24(26)27(31)34;1-25(2,3)34-24(32)29-13-11-28(12-14-29)23(31)18-9-8-17(16-20(18)26)10-15-33-21-7-5-4-6-19(21)22(27)30;21-17-13-14(5-6-15(17)20(26)24-10-8-23-9-11-24)7-12-27-18-4-2-1-3-16(18)19(22)25;1-7(9(10)11)12-8-5-3-2-4-6-8;/h2-12,19-20H,13-18H2,1H3,(H2,31,34);4-9,16H,10-15H2,1-3H3,(H2,27,30);1-6,13,23H,7-12H2,(H2,22,25);2-7H,1H3;1H4. The molecule has 2 atom stereocenters. The van der Waals surface area contributed by atoms with Crippen molar-refractivity contribution in [2.45, 2.75) is 79.1 Å². The maximum atomic E-state index is 14.9. The molecule has 0 aromatic heterocycles. The Labute approximate surface area is 654 Å². The van der Waals surface area contributed by atoms with Crippen molar-refractivity contribution < 1.29 is 84.7 Å². The molecule has 0 aliphatic carbocycles. The van der Waals surface area contributed by atoms with Gasteiger partial charge in [0.1, 0.15) is 51.8 Å². The number of hydrogen-bond donors (Lipinski definition) is 4. The Bertz CT molecular complexity index is 4520. The zero-order valence-corrected chi connectivity index (χ0v) is 63.1. The molecule has 2 unspecified atom stereocenters. The number of rotatable bonds is 24. The van der Waals surface area contributed by atoms with E-state index < -0.39 is 76.1 Å². The molecule has 7 N–H and O–H groups in total. The summed E-state index contributed by atoms with van der Waals surface area (Å²) < 4.78 is 77.2. The highest BCUT2D eigenvalue weighted by Crippen LogP contribution is 2.25. The van der Waals surface area contributed by atoms with E-state index in [1.54, 1.807) is 169 Å².